The molecule has 0 saturated carbocycles. The van der Waals surface area contributed by atoms with Crippen LogP contribution in [0.5, 0.6) is 5.75 Å². The van der Waals surface area contributed by atoms with E-state index in [1.54, 1.807) is 12.1 Å². The minimum Gasteiger partial charge on any atom is -0.508 e. The molecule has 3 fully saturated rings. The van der Waals surface area contributed by atoms with Gasteiger partial charge in [-0.25, -0.2) is 14.4 Å². The van der Waals surface area contributed by atoms with Crippen molar-refractivity contribution in [2.45, 2.75) is 84.2 Å². The zero-order valence-electron chi connectivity index (χ0n) is 27.1. The van der Waals surface area contributed by atoms with Gasteiger partial charge in [-0.1, -0.05) is 39.0 Å². The lowest BCUT2D eigenvalue weighted by Crippen LogP contribution is -2.51. The molecular weight excluding hydrogens is 551 g/mol. The number of benzene rings is 2. The number of aryl methyl sites for hydroxylation is 2. The molecule has 44 heavy (non-hydrogen) atoms. The maximum absolute atomic E-state index is 16.1. The van der Waals surface area contributed by atoms with Crippen LogP contribution >= 0.6 is 0 Å². The predicted molar refractivity (Wildman–Crippen MR) is 181 cm³/mol. The largest absolute Gasteiger partial charge is 0.508 e. The number of phenolic OH excluding ortho intramolecular Hbond substituents is 1. The summed E-state index contributed by atoms with van der Waals surface area (Å²) in [5, 5.41) is 17.9. The number of halogens is 1. The van der Waals surface area contributed by atoms with Gasteiger partial charge in [-0.15, -0.1) is 0 Å². The van der Waals surface area contributed by atoms with Crippen molar-refractivity contribution >= 4 is 22.8 Å². The van der Waals surface area contributed by atoms with Crippen molar-refractivity contribution < 1.29 is 9.50 Å². The van der Waals surface area contributed by atoms with Crippen molar-refractivity contribution in [2.75, 3.05) is 51.2 Å². The molecule has 1 aromatic heterocycles. The van der Waals surface area contributed by atoms with Crippen LogP contribution in [0, 0.1) is 5.82 Å². The minimum atomic E-state index is -0.342. The lowest BCUT2D eigenvalue weighted by atomic mass is 9.89. The lowest BCUT2D eigenvalue weighted by molar-refractivity contribution is 0.333. The number of nitrogens with zero attached hydrogens (tertiary/aromatic N) is 4. The number of rotatable bonds is 7. The van der Waals surface area contributed by atoms with Gasteiger partial charge in [0.05, 0.1) is 0 Å². The second-order valence-corrected chi connectivity index (χ2v) is 12.2. The molecule has 2 atom stereocenters. The van der Waals surface area contributed by atoms with E-state index in [1.165, 1.54) is 51.7 Å². The van der Waals surface area contributed by atoms with Gasteiger partial charge in [-0.3, -0.25) is 0 Å². The molecule has 3 aliphatic heterocycles. The van der Waals surface area contributed by atoms with Crippen LogP contribution in [0.4, 0.5) is 10.2 Å². The number of fused-ring (bicyclic) bond motifs is 4. The second kappa shape index (κ2) is 15.3. The number of phenols is 1. The fraction of sp³-hybridized carbons (Fsp3) is 0.556. The predicted octanol–water partition coefficient (Wildman–Crippen LogP) is 6.32. The van der Waals surface area contributed by atoms with E-state index in [2.05, 4.69) is 31.5 Å². The Balaban J connectivity index is 0.000000272. The lowest BCUT2D eigenvalue weighted by Gasteiger charge is -2.34. The van der Waals surface area contributed by atoms with Gasteiger partial charge in [0.15, 0.2) is 5.82 Å². The van der Waals surface area contributed by atoms with Crippen molar-refractivity contribution in [3.63, 3.8) is 0 Å². The second-order valence-electron chi connectivity index (χ2n) is 12.2. The standard InChI is InChI=1S/C26H27FN4O.C8H18N2.C2H6/c1-2-23-29-25-21(26(30-23)31-13-16-7-8-17(14-31)28-16)10-9-20(24(25)27)22-12-18(32)11-15-5-3-4-6-19(15)22;1-9-5-4-8-10-6-2-3-7-10;1-2/h4,6,9-12,16-17,28,32H,2-3,5,7-8,13-14H2,1H3;9H,2-8H2,1H3;1-2H3. The molecule has 238 valence electrons. The van der Waals surface area contributed by atoms with E-state index in [1.807, 2.05) is 46.0 Å². The number of hydrogen-bond acceptors (Lipinski definition) is 7. The monoisotopic (exact) mass is 602 g/mol. The van der Waals surface area contributed by atoms with Crippen molar-refractivity contribution in [1.82, 2.24) is 25.5 Å². The molecule has 7 rings (SSSR count). The number of likely N-dealkylation sites (tertiary alicyclic amines) is 1. The maximum Gasteiger partial charge on any atom is 0.157 e. The number of hydrogen-bond donors (Lipinski definition) is 3. The molecule has 0 amide bonds. The smallest absolute Gasteiger partial charge is 0.157 e. The third kappa shape index (κ3) is 7.24. The fourth-order valence-electron chi connectivity index (χ4n) is 7.02. The highest BCUT2D eigenvalue weighted by Gasteiger charge is 2.34. The molecular formula is C36H51FN6O. The molecule has 1 aliphatic carbocycles. The van der Waals surface area contributed by atoms with Crippen LogP contribution in [-0.2, 0) is 12.8 Å². The summed E-state index contributed by atoms with van der Waals surface area (Å²) in [5.74, 6) is 1.33. The Morgan fingerprint density at radius 2 is 1.80 bits per heavy atom. The molecule has 0 spiro atoms. The number of allylic oxidation sites excluding steroid dienone is 1. The van der Waals surface area contributed by atoms with Crippen LogP contribution in [0.2, 0.25) is 0 Å². The Morgan fingerprint density at radius 1 is 1.05 bits per heavy atom. The Hall–Kier alpha value is -3.07. The normalized spacial score (nSPS) is 20.6. The van der Waals surface area contributed by atoms with E-state index < -0.39 is 0 Å². The average Bonchev–Trinajstić information content (AvgIpc) is 3.70. The van der Waals surface area contributed by atoms with Gasteiger partial charge < -0.3 is 25.5 Å². The van der Waals surface area contributed by atoms with Gasteiger partial charge in [0, 0.05) is 42.5 Å². The van der Waals surface area contributed by atoms with Crippen LogP contribution in [0.1, 0.15) is 76.2 Å². The molecule has 3 N–H and O–H groups in total. The summed E-state index contributed by atoms with van der Waals surface area (Å²) in [6.07, 6.45) is 13.1. The Labute approximate surface area is 263 Å². The van der Waals surface area contributed by atoms with Crippen molar-refractivity contribution in [3.05, 3.63) is 53.1 Å². The van der Waals surface area contributed by atoms with Crippen LogP contribution in [0.25, 0.3) is 28.1 Å². The summed E-state index contributed by atoms with van der Waals surface area (Å²) in [4.78, 5) is 14.3. The molecule has 8 heteroatoms. The topological polar surface area (TPSA) is 76.5 Å². The Morgan fingerprint density at radius 3 is 2.50 bits per heavy atom. The number of aromatic hydroxyl groups is 1. The summed E-state index contributed by atoms with van der Waals surface area (Å²) >= 11 is 0. The summed E-state index contributed by atoms with van der Waals surface area (Å²) in [6.45, 7) is 12.9. The first-order valence-corrected chi connectivity index (χ1v) is 16.9. The van der Waals surface area contributed by atoms with E-state index in [0.29, 0.717) is 41.0 Å². The van der Waals surface area contributed by atoms with Gasteiger partial charge in [0.1, 0.15) is 22.9 Å². The van der Waals surface area contributed by atoms with Gasteiger partial charge in [-0.2, -0.15) is 0 Å². The highest BCUT2D eigenvalue weighted by molar-refractivity contribution is 5.94. The summed E-state index contributed by atoms with van der Waals surface area (Å²) < 4.78 is 16.1. The van der Waals surface area contributed by atoms with Crippen molar-refractivity contribution in [2.24, 2.45) is 0 Å². The van der Waals surface area contributed by atoms with Crippen LogP contribution in [-0.4, -0.2) is 78.4 Å². The van der Waals surface area contributed by atoms with Crippen LogP contribution in [0.3, 0.4) is 0 Å². The molecule has 3 saturated heterocycles. The van der Waals surface area contributed by atoms with Crippen molar-refractivity contribution in [1.29, 1.82) is 0 Å². The van der Waals surface area contributed by atoms with Gasteiger partial charge in [0.25, 0.3) is 0 Å². The average molecular weight is 603 g/mol. The number of piperazine rings is 1. The Kier molecular flexibility index (Phi) is 11.2. The van der Waals surface area contributed by atoms with E-state index in [4.69, 9.17) is 4.98 Å². The van der Waals surface area contributed by atoms with E-state index >= 15 is 4.39 Å². The fourth-order valence-corrected chi connectivity index (χ4v) is 7.02. The molecule has 2 bridgehead atoms. The van der Waals surface area contributed by atoms with Gasteiger partial charge in [0.2, 0.25) is 0 Å². The number of anilines is 1. The molecule has 4 aliphatic rings. The first-order chi connectivity index (χ1) is 21.5. The van der Waals surface area contributed by atoms with Crippen molar-refractivity contribution in [3.8, 4) is 16.9 Å². The molecule has 7 nitrogen and oxygen atoms in total. The summed E-state index contributed by atoms with van der Waals surface area (Å²) in [7, 11) is 2.02. The number of aromatic nitrogens is 2. The third-order valence-electron chi connectivity index (χ3n) is 9.17. The summed E-state index contributed by atoms with van der Waals surface area (Å²) in [6, 6.07) is 8.17. The van der Waals surface area contributed by atoms with E-state index in [-0.39, 0.29) is 11.6 Å². The van der Waals surface area contributed by atoms with E-state index in [9.17, 15) is 5.11 Å². The Bertz CT molecular complexity index is 1420. The zero-order chi connectivity index (χ0) is 31.1. The molecule has 0 radical (unpaired) electrons. The van der Waals surface area contributed by atoms with Crippen LogP contribution in [0.15, 0.2) is 30.3 Å². The number of nitrogens with one attached hydrogen (secondary N) is 2. The molecule has 2 aromatic carbocycles. The van der Waals surface area contributed by atoms with Crippen LogP contribution < -0.4 is 15.5 Å². The summed E-state index contributed by atoms with van der Waals surface area (Å²) in [5.41, 5.74) is 3.59. The maximum atomic E-state index is 16.1. The van der Waals surface area contributed by atoms with Gasteiger partial charge in [-0.05, 0) is 113 Å². The minimum absolute atomic E-state index is 0.169. The third-order valence-corrected chi connectivity index (χ3v) is 9.17. The first-order valence-electron chi connectivity index (χ1n) is 16.9. The first kappa shape index (κ1) is 32.3. The quantitative estimate of drug-likeness (QED) is 0.273. The SMILES string of the molecule is CC.CCc1nc(N2CC3CCC(C2)N3)c2ccc(-c3cc(O)cc4c3C=CCC4)c(F)c2n1.CNCCCN1CCCC1. The highest BCUT2D eigenvalue weighted by atomic mass is 19.1. The molecule has 2 unspecified atom stereocenters. The van der Waals surface area contributed by atoms with E-state index in [0.717, 1.165) is 54.8 Å². The molecule has 3 aromatic rings. The van der Waals surface area contributed by atoms with Gasteiger partial charge >= 0.3 is 0 Å². The highest BCUT2D eigenvalue weighted by Crippen LogP contribution is 2.39. The molecule has 4 heterocycles. The zero-order valence-corrected chi connectivity index (χ0v) is 27.1.